The van der Waals surface area contributed by atoms with Gasteiger partial charge >= 0.3 is 0 Å². The molecule has 1 unspecified atom stereocenters. The minimum atomic E-state index is -0.344. The predicted octanol–water partition coefficient (Wildman–Crippen LogP) is 4.08. The molecule has 1 heterocycles. The van der Waals surface area contributed by atoms with Crippen molar-refractivity contribution in [2.75, 3.05) is 14.2 Å². The molecule has 1 atom stereocenters. The summed E-state index contributed by atoms with van der Waals surface area (Å²) in [5.41, 5.74) is 8.28. The van der Waals surface area contributed by atoms with Crippen LogP contribution in [0, 0.1) is 11.3 Å². The number of ether oxygens (including phenoxy) is 3. The smallest absolute Gasteiger partial charge is 0.205 e. The lowest BCUT2D eigenvalue weighted by Crippen LogP contribution is -2.21. The van der Waals surface area contributed by atoms with E-state index < -0.39 is 0 Å². The van der Waals surface area contributed by atoms with Crippen LogP contribution < -0.4 is 19.9 Å². The second-order valence-corrected chi connectivity index (χ2v) is 6.24. The van der Waals surface area contributed by atoms with Crippen molar-refractivity contribution in [1.29, 1.82) is 5.26 Å². The Morgan fingerprint density at radius 2 is 1.70 bits per heavy atom. The minimum Gasteiger partial charge on any atom is -0.497 e. The lowest BCUT2D eigenvalue weighted by molar-refractivity contribution is 0.393. The Balaban J connectivity index is 2.01. The SMILES string of the molecule is COc1ccc(C2C(C#N)=C(N)Oc3c2cc(OC)c2ccccc32)cc1. The molecule has 1 aliphatic heterocycles. The molecule has 5 nitrogen and oxygen atoms in total. The van der Waals surface area contributed by atoms with Crippen LogP contribution in [-0.2, 0) is 0 Å². The van der Waals surface area contributed by atoms with E-state index >= 15 is 0 Å². The first-order chi connectivity index (χ1) is 13.2. The molecule has 0 aliphatic carbocycles. The lowest BCUT2D eigenvalue weighted by Gasteiger charge is -2.28. The summed E-state index contributed by atoms with van der Waals surface area (Å²) in [6.45, 7) is 0. The molecular weight excluding hydrogens is 340 g/mol. The third kappa shape index (κ3) is 2.63. The van der Waals surface area contributed by atoms with Crippen molar-refractivity contribution >= 4 is 10.8 Å². The zero-order chi connectivity index (χ0) is 19.0. The summed E-state index contributed by atoms with van der Waals surface area (Å²) in [5.74, 6) is 1.91. The van der Waals surface area contributed by atoms with Gasteiger partial charge in [-0.25, -0.2) is 0 Å². The largest absolute Gasteiger partial charge is 0.497 e. The zero-order valence-electron chi connectivity index (χ0n) is 15.0. The van der Waals surface area contributed by atoms with E-state index in [1.165, 1.54) is 0 Å². The number of nitriles is 1. The molecule has 3 aromatic carbocycles. The van der Waals surface area contributed by atoms with E-state index in [9.17, 15) is 5.26 Å². The first kappa shape index (κ1) is 16.8. The fraction of sp³-hybridized carbons (Fsp3) is 0.136. The number of rotatable bonds is 3. The average molecular weight is 358 g/mol. The Morgan fingerprint density at radius 3 is 2.33 bits per heavy atom. The summed E-state index contributed by atoms with van der Waals surface area (Å²) in [4.78, 5) is 0. The Morgan fingerprint density at radius 1 is 1.00 bits per heavy atom. The average Bonchev–Trinajstić information content (AvgIpc) is 2.72. The van der Waals surface area contributed by atoms with Gasteiger partial charge in [-0.15, -0.1) is 0 Å². The van der Waals surface area contributed by atoms with Crippen LogP contribution in [0.5, 0.6) is 17.2 Å². The monoisotopic (exact) mass is 358 g/mol. The Labute approximate surface area is 157 Å². The van der Waals surface area contributed by atoms with Gasteiger partial charge in [-0.3, -0.25) is 0 Å². The summed E-state index contributed by atoms with van der Waals surface area (Å²) in [6, 6.07) is 19.6. The van der Waals surface area contributed by atoms with Crippen LogP contribution in [0.15, 0.2) is 66.1 Å². The van der Waals surface area contributed by atoms with E-state index in [4.69, 9.17) is 19.9 Å². The van der Waals surface area contributed by atoms with Crippen LogP contribution in [0.25, 0.3) is 10.8 Å². The number of nitrogens with zero attached hydrogens (tertiary/aromatic N) is 1. The number of allylic oxidation sites excluding steroid dienone is 1. The third-order valence-corrected chi connectivity index (χ3v) is 4.85. The van der Waals surface area contributed by atoms with E-state index in [2.05, 4.69) is 6.07 Å². The highest BCUT2D eigenvalue weighted by Gasteiger charge is 2.32. The van der Waals surface area contributed by atoms with Gasteiger partial charge in [-0.05, 0) is 23.8 Å². The first-order valence-corrected chi connectivity index (χ1v) is 8.49. The predicted molar refractivity (Wildman–Crippen MR) is 103 cm³/mol. The van der Waals surface area contributed by atoms with Crippen LogP contribution in [0.1, 0.15) is 17.0 Å². The van der Waals surface area contributed by atoms with Crippen LogP contribution in [0.4, 0.5) is 0 Å². The molecule has 0 saturated heterocycles. The van der Waals surface area contributed by atoms with Crippen molar-refractivity contribution in [2.24, 2.45) is 5.73 Å². The maximum atomic E-state index is 9.74. The van der Waals surface area contributed by atoms with Crippen LogP contribution >= 0.6 is 0 Å². The van der Waals surface area contributed by atoms with Gasteiger partial charge in [-0.1, -0.05) is 36.4 Å². The van der Waals surface area contributed by atoms with E-state index in [0.29, 0.717) is 11.3 Å². The topological polar surface area (TPSA) is 77.5 Å². The van der Waals surface area contributed by atoms with Gasteiger partial charge in [0, 0.05) is 16.3 Å². The highest BCUT2D eigenvalue weighted by atomic mass is 16.5. The maximum Gasteiger partial charge on any atom is 0.205 e. The third-order valence-electron chi connectivity index (χ3n) is 4.85. The van der Waals surface area contributed by atoms with Crippen LogP contribution in [-0.4, -0.2) is 14.2 Å². The van der Waals surface area contributed by atoms with Gasteiger partial charge in [0.15, 0.2) is 0 Å². The zero-order valence-corrected chi connectivity index (χ0v) is 15.0. The summed E-state index contributed by atoms with van der Waals surface area (Å²) >= 11 is 0. The molecule has 3 aromatic rings. The fourth-order valence-electron chi connectivity index (χ4n) is 3.56. The van der Waals surface area contributed by atoms with Gasteiger partial charge in [-0.2, -0.15) is 5.26 Å². The van der Waals surface area contributed by atoms with Crippen LogP contribution in [0.3, 0.4) is 0 Å². The number of hydrogen-bond donors (Lipinski definition) is 1. The van der Waals surface area contributed by atoms with E-state index in [0.717, 1.165) is 33.4 Å². The second-order valence-electron chi connectivity index (χ2n) is 6.24. The summed E-state index contributed by atoms with van der Waals surface area (Å²) in [7, 11) is 3.25. The van der Waals surface area contributed by atoms with Crippen molar-refractivity contribution in [3.05, 3.63) is 77.2 Å². The maximum absolute atomic E-state index is 9.74. The van der Waals surface area contributed by atoms with E-state index in [-0.39, 0.29) is 11.8 Å². The van der Waals surface area contributed by atoms with Gasteiger partial charge in [0.2, 0.25) is 5.88 Å². The van der Waals surface area contributed by atoms with Crippen molar-refractivity contribution in [2.45, 2.75) is 5.92 Å². The number of nitrogens with two attached hydrogens (primary N) is 1. The van der Waals surface area contributed by atoms with E-state index in [1.807, 2.05) is 54.6 Å². The number of methoxy groups -OCH3 is 2. The quantitative estimate of drug-likeness (QED) is 0.763. The standard InChI is InChI=1S/C22H18N2O3/c1-25-14-9-7-13(8-10-14)20-17-11-19(26-2)15-5-3-4-6-16(15)21(17)27-22(24)18(20)12-23/h3-11,20H,24H2,1-2H3. The van der Waals surface area contributed by atoms with Gasteiger partial charge in [0.05, 0.1) is 20.1 Å². The second kappa shape index (κ2) is 6.58. The van der Waals surface area contributed by atoms with Crippen molar-refractivity contribution < 1.29 is 14.2 Å². The summed E-state index contributed by atoms with van der Waals surface area (Å²) in [6.07, 6.45) is 0. The molecule has 0 amide bonds. The summed E-state index contributed by atoms with van der Waals surface area (Å²) in [5, 5.41) is 11.6. The molecule has 134 valence electrons. The molecule has 0 saturated carbocycles. The normalized spacial score (nSPS) is 15.7. The molecule has 0 aromatic heterocycles. The lowest BCUT2D eigenvalue weighted by atomic mass is 9.82. The molecule has 0 fully saturated rings. The molecular formula is C22H18N2O3. The Hall–Kier alpha value is -3.65. The number of fused-ring (bicyclic) bond motifs is 3. The van der Waals surface area contributed by atoms with Crippen molar-refractivity contribution in [3.8, 4) is 23.3 Å². The molecule has 1 aliphatic rings. The van der Waals surface area contributed by atoms with E-state index in [1.54, 1.807) is 14.2 Å². The highest BCUT2D eigenvalue weighted by molar-refractivity contribution is 5.95. The van der Waals surface area contributed by atoms with Gasteiger partial charge in [0.25, 0.3) is 0 Å². The van der Waals surface area contributed by atoms with Gasteiger partial charge < -0.3 is 19.9 Å². The molecule has 27 heavy (non-hydrogen) atoms. The fourth-order valence-corrected chi connectivity index (χ4v) is 3.56. The highest BCUT2D eigenvalue weighted by Crippen LogP contribution is 2.48. The van der Waals surface area contributed by atoms with Crippen molar-refractivity contribution in [3.63, 3.8) is 0 Å². The molecule has 0 bridgehead atoms. The van der Waals surface area contributed by atoms with Crippen LogP contribution in [0.2, 0.25) is 0 Å². The first-order valence-electron chi connectivity index (χ1n) is 8.49. The number of benzene rings is 3. The molecule has 5 heteroatoms. The molecule has 0 radical (unpaired) electrons. The summed E-state index contributed by atoms with van der Waals surface area (Å²) < 4.78 is 16.8. The van der Waals surface area contributed by atoms with Gasteiger partial charge in [0.1, 0.15) is 28.9 Å². The molecule has 4 rings (SSSR count). The molecule has 2 N–H and O–H groups in total. The Kier molecular flexibility index (Phi) is 4.09. The van der Waals surface area contributed by atoms with Crippen molar-refractivity contribution in [1.82, 2.24) is 0 Å². The minimum absolute atomic E-state index is 0.126. The molecule has 0 spiro atoms. The number of hydrogen-bond acceptors (Lipinski definition) is 5. The Bertz CT molecular complexity index is 1090.